The van der Waals surface area contributed by atoms with Crippen molar-refractivity contribution in [3.63, 3.8) is 0 Å². The van der Waals surface area contributed by atoms with Crippen molar-refractivity contribution in [2.45, 2.75) is 6.04 Å². The minimum Gasteiger partial charge on any atom is -0.497 e. The van der Waals surface area contributed by atoms with E-state index < -0.39 is 0 Å². The Morgan fingerprint density at radius 3 is 2.58 bits per heavy atom. The zero-order valence-electron chi connectivity index (χ0n) is 11.6. The minimum atomic E-state index is 0.157. The molecule has 0 amide bonds. The summed E-state index contributed by atoms with van der Waals surface area (Å²) in [5.41, 5.74) is 7.06. The molecule has 0 spiro atoms. The smallest absolute Gasteiger partial charge is 0.127 e. The topological polar surface area (TPSA) is 57.0 Å². The van der Waals surface area contributed by atoms with Gasteiger partial charge in [-0.05, 0) is 6.07 Å². The Morgan fingerprint density at radius 2 is 2.00 bits per heavy atom. The zero-order chi connectivity index (χ0) is 13.7. The second kappa shape index (κ2) is 6.75. The van der Waals surface area contributed by atoms with Crippen LogP contribution in [-0.2, 0) is 4.74 Å². The molecule has 0 aromatic heterocycles. The summed E-state index contributed by atoms with van der Waals surface area (Å²) in [5.74, 6) is 1.61. The van der Waals surface area contributed by atoms with Crippen LogP contribution in [0.4, 0.5) is 0 Å². The third-order valence-electron chi connectivity index (χ3n) is 3.51. The SMILES string of the molecule is COc1ccc([C@@H](CN)N2CCOCC2)c(OC)c1. The number of hydrogen-bond acceptors (Lipinski definition) is 5. The van der Waals surface area contributed by atoms with Crippen LogP contribution in [0.3, 0.4) is 0 Å². The van der Waals surface area contributed by atoms with E-state index in [4.69, 9.17) is 19.9 Å². The molecule has 1 aliphatic rings. The molecular formula is C14H22N2O3. The minimum absolute atomic E-state index is 0.157. The van der Waals surface area contributed by atoms with Crippen molar-refractivity contribution in [3.8, 4) is 11.5 Å². The monoisotopic (exact) mass is 266 g/mol. The van der Waals surface area contributed by atoms with Gasteiger partial charge in [0.2, 0.25) is 0 Å². The molecular weight excluding hydrogens is 244 g/mol. The normalized spacial score (nSPS) is 18.1. The molecule has 0 unspecified atom stereocenters. The molecule has 1 saturated heterocycles. The fraction of sp³-hybridized carbons (Fsp3) is 0.571. The van der Waals surface area contributed by atoms with E-state index in [1.54, 1.807) is 14.2 Å². The average Bonchev–Trinajstić information content (AvgIpc) is 2.49. The molecule has 1 fully saturated rings. The summed E-state index contributed by atoms with van der Waals surface area (Å²) < 4.78 is 16.1. The van der Waals surface area contributed by atoms with Gasteiger partial charge in [0.25, 0.3) is 0 Å². The van der Waals surface area contributed by atoms with Crippen LogP contribution in [-0.4, -0.2) is 52.0 Å². The third kappa shape index (κ3) is 3.18. The predicted octanol–water partition coefficient (Wildman–Crippen LogP) is 1.04. The zero-order valence-corrected chi connectivity index (χ0v) is 11.6. The Kier molecular flexibility index (Phi) is 5.01. The summed E-state index contributed by atoms with van der Waals surface area (Å²) in [5, 5.41) is 0. The number of benzene rings is 1. The van der Waals surface area contributed by atoms with E-state index in [0.29, 0.717) is 6.54 Å². The summed E-state index contributed by atoms with van der Waals surface area (Å²) in [6.45, 7) is 3.88. The van der Waals surface area contributed by atoms with Gasteiger partial charge in [-0.1, -0.05) is 6.07 Å². The first-order chi connectivity index (χ1) is 9.30. The standard InChI is InChI=1S/C14H22N2O3/c1-17-11-3-4-12(14(9-11)18-2)13(10-15)16-5-7-19-8-6-16/h3-4,9,13H,5-8,10,15H2,1-2H3/t13-/m1/s1. The highest BCUT2D eigenvalue weighted by Gasteiger charge is 2.24. The highest BCUT2D eigenvalue weighted by Crippen LogP contribution is 2.32. The number of nitrogens with zero attached hydrogens (tertiary/aromatic N) is 1. The molecule has 1 aromatic carbocycles. The summed E-state index contributed by atoms with van der Waals surface area (Å²) >= 11 is 0. The first kappa shape index (κ1) is 14.1. The van der Waals surface area contributed by atoms with Crippen molar-refractivity contribution in [3.05, 3.63) is 23.8 Å². The molecule has 0 saturated carbocycles. The second-order valence-electron chi connectivity index (χ2n) is 4.51. The number of methoxy groups -OCH3 is 2. The van der Waals surface area contributed by atoms with Crippen LogP contribution >= 0.6 is 0 Å². The number of nitrogens with two attached hydrogens (primary N) is 1. The fourth-order valence-corrected chi connectivity index (χ4v) is 2.46. The number of ether oxygens (including phenoxy) is 3. The number of hydrogen-bond donors (Lipinski definition) is 1. The molecule has 5 nitrogen and oxygen atoms in total. The molecule has 19 heavy (non-hydrogen) atoms. The summed E-state index contributed by atoms with van der Waals surface area (Å²) in [7, 11) is 3.32. The molecule has 1 heterocycles. The van der Waals surface area contributed by atoms with E-state index in [-0.39, 0.29) is 6.04 Å². The lowest BCUT2D eigenvalue weighted by atomic mass is 10.0. The van der Waals surface area contributed by atoms with E-state index in [1.165, 1.54) is 0 Å². The molecule has 1 atom stereocenters. The lowest BCUT2D eigenvalue weighted by Gasteiger charge is -2.34. The molecule has 2 N–H and O–H groups in total. The maximum absolute atomic E-state index is 5.96. The summed E-state index contributed by atoms with van der Waals surface area (Å²) in [6, 6.07) is 6.04. The van der Waals surface area contributed by atoms with Crippen molar-refractivity contribution < 1.29 is 14.2 Å². The van der Waals surface area contributed by atoms with Crippen LogP contribution in [0, 0.1) is 0 Å². The molecule has 0 aliphatic carbocycles. The highest BCUT2D eigenvalue weighted by atomic mass is 16.5. The molecule has 5 heteroatoms. The van der Waals surface area contributed by atoms with Gasteiger partial charge in [0, 0.05) is 31.3 Å². The number of morpholine rings is 1. The van der Waals surface area contributed by atoms with Gasteiger partial charge >= 0.3 is 0 Å². The van der Waals surface area contributed by atoms with E-state index >= 15 is 0 Å². The van der Waals surface area contributed by atoms with Crippen LogP contribution in [0.25, 0.3) is 0 Å². The van der Waals surface area contributed by atoms with Crippen molar-refractivity contribution in [1.29, 1.82) is 0 Å². The van der Waals surface area contributed by atoms with Gasteiger partial charge in [-0.15, -0.1) is 0 Å². The number of rotatable bonds is 5. The van der Waals surface area contributed by atoms with Crippen LogP contribution in [0.15, 0.2) is 18.2 Å². The summed E-state index contributed by atoms with van der Waals surface area (Å²) in [6.07, 6.45) is 0. The lowest BCUT2D eigenvalue weighted by Crippen LogP contribution is -2.41. The van der Waals surface area contributed by atoms with E-state index in [1.807, 2.05) is 18.2 Å². The van der Waals surface area contributed by atoms with Gasteiger partial charge in [-0.2, -0.15) is 0 Å². The first-order valence-corrected chi connectivity index (χ1v) is 6.54. The fourth-order valence-electron chi connectivity index (χ4n) is 2.46. The van der Waals surface area contributed by atoms with E-state index in [2.05, 4.69) is 4.90 Å². The average molecular weight is 266 g/mol. The molecule has 0 radical (unpaired) electrons. The van der Waals surface area contributed by atoms with Gasteiger partial charge in [-0.25, -0.2) is 0 Å². The molecule has 106 valence electrons. The second-order valence-corrected chi connectivity index (χ2v) is 4.51. The molecule has 1 aromatic rings. The van der Waals surface area contributed by atoms with Crippen molar-refractivity contribution in [1.82, 2.24) is 4.90 Å². The Bertz CT molecular complexity index is 406. The van der Waals surface area contributed by atoms with E-state index in [0.717, 1.165) is 43.4 Å². The molecule has 2 rings (SSSR count). The summed E-state index contributed by atoms with van der Waals surface area (Å²) in [4.78, 5) is 2.34. The Morgan fingerprint density at radius 1 is 1.26 bits per heavy atom. The largest absolute Gasteiger partial charge is 0.497 e. The Labute approximate surface area is 114 Å². The Hall–Kier alpha value is -1.30. The molecule has 1 aliphatic heterocycles. The van der Waals surface area contributed by atoms with Gasteiger partial charge < -0.3 is 19.9 Å². The van der Waals surface area contributed by atoms with Crippen LogP contribution in [0.1, 0.15) is 11.6 Å². The maximum atomic E-state index is 5.96. The lowest BCUT2D eigenvalue weighted by molar-refractivity contribution is 0.0174. The first-order valence-electron chi connectivity index (χ1n) is 6.54. The third-order valence-corrected chi connectivity index (χ3v) is 3.51. The van der Waals surface area contributed by atoms with Gasteiger partial charge in [0.1, 0.15) is 11.5 Å². The molecule has 0 bridgehead atoms. The quantitative estimate of drug-likeness (QED) is 0.863. The van der Waals surface area contributed by atoms with Crippen molar-refractivity contribution >= 4 is 0 Å². The van der Waals surface area contributed by atoms with Gasteiger partial charge in [-0.3, -0.25) is 4.90 Å². The van der Waals surface area contributed by atoms with Gasteiger partial charge in [0.15, 0.2) is 0 Å². The van der Waals surface area contributed by atoms with Crippen LogP contribution < -0.4 is 15.2 Å². The van der Waals surface area contributed by atoms with Crippen molar-refractivity contribution in [2.24, 2.45) is 5.73 Å². The predicted molar refractivity (Wildman–Crippen MR) is 73.7 cm³/mol. The van der Waals surface area contributed by atoms with Gasteiger partial charge in [0.05, 0.1) is 33.5 Å². The van der Waals surface area contributed by atoms with E-state index in [9.17, 15) is 0 Å². The van der Waals surface area contributed by atoms with Crippen LogP contribution in [0.2, 0.25) is 0 Å². The van der Waals surface area contributed by atoms with Crippen LogP contribution in [0.5, 0.6) is 11.5 Å². The Balaban J connectivity index is 2.26. The maximum Gasteiger partial charge on any atom is 0.127 e. The highest BCUT2D eigenvalue weighted by molar-refractivity contribution is 5.42. The van der Waals surface area contributed by atoms with Crippen molar-refractivity contribution in [2.75, 3.05) is 47.1 Å².